The molecule has 0 unspecified atom stereocenters. The molecule has 1 N–H and O–H groups in total. The number of ether oxygens (including phenoxy) is 3. The van der Waals surface area contributed by atoms with Crippen molar-refractivity contribution in [1.29, 1.82) is 0 Å². The van der Waals surface area contributed by atoms with Crippen LogP contribution in [0.4, 0.5) is 10.5 Å². The van der Waals surface area contributed by atoms with Crippen LogP contribution in [-0.4, -0.2) is 41.8 Å². The van der Waals surface area contributed by atoms with Crippen molar-refractivity contribution in [3.63, 3.8) is 0 Å². The van der Waals surface area contributed by atoms with E-state index >= 15 is 0 Å². The fourth-order valence-electron chi connectivity index (χ4n) is 3.49. The minimum absolute atomic E-state index is 0.0621. The second-order valence-corrected chi connectivity index (χ2v) is 8.42. The summed E-state index contributed by atoms with van der Waals surface area (Å²) in [7, 11) is 2.61. The van der Waals surface area contributed by atoms with Crippen LogP contribution < -0.4 is 10.1 Å². The SMILES string of the molecule is COC(=O)/C(NC(=O)OC(C)(C)C)=C(/c1cccc(OC)c1)c1ccc2cnccc2c1[N+](=O)[O-]. The molecule has 0 fully saturated rings. The highest BCUT2D eigenvalue weighted by Crippen LogP contribution is 2.38. The van der Waals surface area contributed by atoms with Crippen molar-refractivity contribution in [3.8, 4) is 5.75 Å². The first-order valence-corrected chi connectivity index (χ1v) is 10.5. The standard InChI is InChI=1S/C25H25N3O7/c1-25(2,3)35-24(30)27-21(23(29)34-5)20(15-7-6-8-17(13-15)33-4)19-10-9-16-14-26-12-11-18(16)22(19)28(31)32/h6-14H,1-5H3,(H,27,30)/b21-20+. The van der Waals surface area contributed by atoms with Crippen molar-refractivity contribution in [2.45, 2.75) is 26.4 Å². The Bertz CT molecular complexity index is 1330. The number of methoxy groups -OCH3 is 2. The van der Waals surface area contributed by atoms with Gasteiger partial charge in [0.1, 0.15) is 17.0 Å². The number of amides is 1. The van der Waals surface area contributed by atoms with E-state index in [-0.39, 0.29) is 22.5 Å². The summed E-state index contributed by atoms with van der Waals surface area (Å²) in [6.45, 7) is 5.00. The first-order valence-electron chi connectivity index (χ1n) is 10.5. The van der Waals surface area contributed by atoms with E-state index in [0.717, 1.165) is 7.11 Å². The molecule has 1 amide bonds. The summed E-state index contributed by atoms with van der Waals surface area (Å²) >= 11 is 0. The molecule has 0 aliphatic carbocycles. The van der Waals surface area contributed by atoms with Crippen molar-refractivity contribution in [2.24, 2.45) is 0 Å². The second kappa shape index (κ2) is 10.2. The molecule has 0 radical (unpaired) electrons. The summed E-state index contributed by atoms with van der Waals surface area (Å²) in [5.74, 6) is -0.480. The highest BCUT2D eigenvalue weighted by Gasteiger charge is 2.30. The van der Waals surface area contributed by atoms with E-state index < -0.39 is 22.6 Å². The van der Waals surface area contributed by atoms with Crippen molar-refractivity contribution in [3.05, 3.63) is 81.8 Å². The molecule has 0 spiro atoms. The number of carbonyl (C=O) groups is 2. The number of hydrogen-bond acceptors (Lipinski definition) is 8. The number of aromatic nitrogens is 1. The molecule has 0 saturated heterocycles. The van der Waals surface area contributed by atoms with Gasteiger partial charge in [-0.1, -0.05) is 18.2 Å². The number of benzene rings is 2. The summed E-state index contributed by atoms with van der Waals surface area (Å²) in [5.41, 5.74) is -0.937. The molecule has 0 saturated carbocycles. The van der Waals surface area contributed by atoms with E-state index in [0.29, 0.717) is 22.1 Å². The molecule has 1 aromatic heterocycles. The van der Waals surface area contributed by atoms with Gasteiger partial charge in [-0.25, -0.2) is 9.59 Å². The van der Waals surface area contributed by atoms with Crippen LogP contribution in [0.2, 0.25) is 0 Å². The van der Waals surface area contributed by atoms with Gasteiger partial charge in [0.05, 0.1) is 30.1 Å². The Morgan fingerprint density at radius 3 is 2.46 bits per heavy atom. The lowest BCUT2D eigenvalue weighted by atomic mass is 9.92. The van der Waals surface area contributed by atoms with Gasteiger partial charge in [0.25, 0.3) is 5.69 Å². The average Bonchev–Trinajstić information content (AvgIpc) is 2.81. The summed E-state index contributed by atoms with van der Waals surface area (Å²) in [6, 6.07) is 11.2. The molecule has 2 aromatic carbocycles. The first-order chi connectivity index (χ1) is 16.6. The van der Waals surface area contributed by atoms with Gasteiger partial charge in [-0.05, 0) is 50.6 Å². The second-order valence-electron chi connectivity index (χ2n) is 8.42. The van der Waals surface area contributed by atoms with E-state index in [1.165, 1.54) is 31.6 Å². The number of nitrogens with zero attached hydrogens (tertiary/aromatic N) is 2. The summed E-state index contributed by atoms with van der Waals surface area (Å²) < 4.78 is 15.6. The zero-order chi connectivity index (χ0) is 25.8. The Morgan fingerprint density at radius 2 is 1.83 bits per heavy atom. The Balaban J connectivity index is 2.41. The van der Waals surface area contributed by atoms with Crippen LogP contribution in [0, 0.1) is 10.1 Å². The molecule has 10 heteroatoms. The van der Waals surface area contributed by atoms with E-state index in [1.807, 2.05) is 0 Å². The normalized spacial score (nSPS) is 11.9. The number of alkyl carbamates (subject to hydrolysis) is 1. The lowest BCUT2D eigenvalue weighted by Crippen LogP contribution is -2.35. The van der Waals surface area contributed by atoms with E-state index in [2.05, 4.69) is 10.3 Å². The number of nitro benzene ring substituents is 1. The molecular weight excluding hydrogens is 454 g/mol. The lowest BCUT2D eigenvalue weighted by molar-refractivity contribution is -0.383. The molecule has 0 bridgehead atoms. The largest absolute Gasteiger partial charge is 0.497 e. The number of rotatable bonds is 6. The van der Waals surface area contributed by atoms with E-state index in [1.54, 1.807) is 51.1 Å². The zero-order valence-corrected chi connectivity index (χ0v) is 19.9. The van der Waals surface area contributed by atoms with Gasteiger partial charge in [-0.15, -0.1) is 0 Å². The van der Waals surface area contributed by atoms with Crippen LogP contribution in [0.1, 0.15) is 31.9 Å². The Morgan fingerprint density at radius 1 is 1.09 bits per heavy atom. The molecule has 35 heavy (non-hydrogen) atoms. The van der Waals surface area contributed by atoms with Crippen LogP contribution in [0.15, 0.2) is 60.6 Å². The summed E-state index contributed by atoms with van der Waals surface area (Å²) in [5, 5.41) is 15.6. The minimum Gasteiger partial charge on any atom is -0.497 e. The number of nitro groups is 1. The molecule has 10 nitrogen and oxygen atoms in total. The highest BCUT2D eigenvalue weighted by atomic mass is 16.6. The van der Waals surface area contributed by atoms with Crippen molar-refractivity contribution >= 4 is 34.1 Å². The third-order valence-electron chi connectivity index (χ3n) is 4.87. The van der Waals surface area contributed by atoms with Crippen LogP contribution in [0.25, 0.3) is 16.3 Å². The summed E-state index contributed by atoms with van der Waals surface area (Å²) in [6.07, 6.45) is 2.01. The third kappa shape index (κ3) is 5.72. The highest BCUT2D eigenvalue weighted by molar-refractivity contribution is 6.07. The van der Waals surface area contributed by atoms with Crippen molar-refractivity contribution in [2.75, 3.05) is 14.2 Å². The van der Waals surface area contributed by atoms with Crippen LogP contribution in [0.5, 0.6) is 5.75 Å². The van der Waals surface area contributed by atoms with Gasteiger partial charge in [0, 0.05) is 23.4 Å². The predicted molar refractivity (Wildman–Crippen MR) is 129 cm³/mol. The van der Waals surface area contributed by atoms with Crippen LogP contribution >= 0.6 is 0 Å². The Labute approximate surface area is 201 Å². The van der Waals surface area contributed by atoms with Gasteiger partial charge < -0.3 is 14.2 Å². The van der Waals surface area contributed by atoms with Gasteiger partial charge >= 0.3 is 12.1 Å². The number of fused-ring (bicyclic) bond motifs is 1. The number of nitrogens with one attached hydrogen (secondary N) is 1. The maximum atomic E-state index is 12.9. The fourth-order valence-corrected chi connectivity index (χ4v) is 3.49. The monoisotopic (exact) mass is 479 g/mol. The van der Waals surface area contributed by atoms with Gasteiger partial charge in [0.2, 0.25) is 0 Å². The molecule has 182 valence electrons. The number of carbonyl (C=O) groups excluding carboxylic acids is 2. The number of hydrogen-bond donors (Lipinski definition) is 1. The topological polar surface area (TPSA) is 130 Å². The van der Waals surface area contributed by atoms with E-state index in [9.17, 15) is 19.7 Å². The fraction of sp³-hybridized carbons (Fsp3) is 0.240. The molecular formula is C25H25N3O7. The molecule has 1 heterocycles. The van der Waals surface area contributed by atoms with Crippen molar-refractivity contribution in [1.82, 2.24) is 10.3 Å². The average molecular weight is 479 g/mol. The maximum absolute atomic E-state index is 12.9. The zero-order valence-electron chi connectivity index (χ0n) is 19.9. The van der Waals surface area contributed by atoms with Gasteiger partial charge in [-0.3, -0.25) is 20.4 Å². The summed E-state index contributed by atoms with van der Waals surface area (Å²) in [4.78, 5) is 41.4. The van der Waals surface area contributed by atoms with Gasteiger partial charge in [0.15, 0.2) is 0 Å². The Hall–Kier alpha value is -4.47. The Kier molecular flexibility index (Phi) is 7.34. The predicted octanol–water partition coefficient (Wildman–Crippen LogP) is 4.61. The lowest BCUT2D eigenvalue weighted by Gasteiger charge is -2.21. The molecule has 0 aliphatic rings. The van der Waals surface area contributed by atoms with Crippen molar-refractivity contribution < 1.29 is 28.7 Å². The molecule has 3 rings (SSSR count). The number of pyridine rings is 1. The first kappa shape index (κ1) is 25.2. The van der Waals surface area contributed by atoms with E-state index in [4.69, 9.17) is 14.2 Å². The third-order valence-corrected chi connectivity index (χ3v) is 4.87. The number of esters is 1. The molecule has 3 aromatic rings. The molecule has 0 aliphatic heterocycles. The minimum atomic E-state index is -0.925. The quantitative estimate of drug-likeness (QED) is 0.235. The molecule has 0 atom stereocenters. The smallest absolute Gasteiger partial charge is 0.412 e. The maximum Gasteiger partial charge on any atom is 0.412 e. The van der Waals surface area contributed by atoms with Gasteiger partial charge in [-0.2, -0.15) is 0 Å². The van der Waals surface area contributed by atoms with Crippen LogP contribution in [-0.2, 0) is 14.3 Å². The van der Waals surface area contributed by atoms with Crippen LogP contribution in [0.3, 0.4) is 0 Å².